The van der Waals surface area contributed by atoms with E-state index in [2.05, 4.69) is 5.32 Å². The molecule has 3 aromatic rings. The first-order valence-electron chi connectivity index (χ1n) is 8.84. The number of hydrogen-bond donors (Lipinski definition) is 1. The first kappa shape index (κ1) is 22.6. The molecule has 0 atom stereocenters. The first-order chi connectivity index (χ1) is 14.0. The fraction of sp³-hybridized carbons (Fsp3) is 0.263. The molecule has 1 amide bonds. The average Bonchev–Trinajstić information content (AvgIpc) is 2.92. The Morgan fingerprint density at radius 3 is 2.37 bits per heavy atom. The normalized spacial score (nSPS) is 11.8. The van der Waals surface area contributed by atoms with Crippen molar-refractivity contribution >= 4 is 72.1 Å². The molecule has 11 heteroatoms. The van der Waals surface area contributed by atoms with Crippen molar-refractivity contribution in [2.45, 2.75) is 19.9 Å². The second kappa shape index (κ2) is 8.58. The number of benzene rings is 2. The zero-order valence-corrected chi connectivity index (χ0v) is 19.5. The molecule has 0 aliphatic heterocycles. The van der Waals surface area contributed by atoms with E-state index < -0.39 is 22.5 Å². The molecule has 1 heterocycles. The predicted molar refractivity (Wildman–Crippen MR) is 124 cm³/mol. The number of halogens is 2. The lowest BCUT2D eigenvalue weighted by molar-refractivity contribution is -0.114. The van der Waals surface area contributed by atoms with Gasteiger partial charge in [0, 0.05) is 21.8 Å². The molecule has 0 saturated carbocycles. The van der Waals surface area contributed by atoms with Gasteiger partial charge in [0.25, 0.3) is 0 Å². The van der Waals surface area contributed by atoms with Crippen molar-refractivity contribution in [1.29, 1.82) is 0 Å². The van der Waals surface area contributed by atoms with Crippen LogP contribution < -0.4 is 14.5 Å². The summed E-state index contributed by atoms with van der Waals surface area (Å²) in [5.41, 5.74) is 1.43. The predicted octanol–water partition coefficient (Wildman–Crippen LogP) is 4.36. The number of sulfonamides is 1. The van der Waals surface area contributed by atoms with Crippen LogP contribution in [0.1, 0.15) is 19.9 Å². The maximum absolute atomic E-state index is 12.6. The third-order valence-corrected chi connectivity index (χ3v) is 6.73. The van der Waals surface area contributed by atoms with Gasteiger partial charge in [0.1, 0.15) is 6.54 Å². The summed E-state index contributed by atoms with van der Waals surface area (Å²) in [5, 5.41) is 3.18. The number of nitrogens with zero attached hydrogens (tertiary/aromatic N) is 2. The highest BCUT2D eigenvalue weighted by atomic mass is 35.5. The Morgan fingerprint density at radius 2 is 1.80 bits per heavy atom. The van der Waals surface area contributed by atoms with Crippen molar-refractivity contribution in [2.75, 3.05) is 22.4 Å². The first-order valence-corrected chi connectivity index (χ1v) is 12.3. The smallest absolute Gasteiger partial charge is 0.308 e. The lowest BCUT2D eigenvalue weighted by Gasteiger charge is -2.22. The second-order valence-corrected chi connectivity index (χ2v) is 10.7. The van der Waals surface area contributed by atoms with Gasteiger partial charge < -0.3 is 5.32 Å². The lowest BCUT2D eigenvalue weighted by atomic mass is 10.2. The highest BCUT2D eigenvalue weighted by Crippen LogP contribution is 2.27. The van der Waals surface area contributed by atoms with Crippen LogP contribution in [0.3, 0.4) is 0 Å². The average molecular weight is 488 g/mol. The van der Waals surface area contributed by atoms with Crippen LogP contribution in [0.2, 0.25) is 10.0 Å². The topological polar surface area (TPSA) is 88.5 Å². The number of thiazole rings is 1. The highest BCUT2D eigenvalue weighted by molar-refractivity contribution is 7.92. The number of nitrogens with one attached hydrogen (secondary N) is 1. The molecule has 0 bridgehead atoms. The summed E-state index contributed by atoms with van der Waals surface area (Å²) in [6.07, 6.45) is 0.993. The van der Waals surface area contributed by atoms with Crippen LogP contribution in [-0.4, -0.2) is 31.7 Å². The maximum atomic E-state index is 12.6. The van der Waals surface area contributed by atoms with Gasteiger partial charge >= 0.3 is 4.87 Å². The van der Waals surface area contributed by atoms with Crippen molar-refractivity contribution in [3.05, 3.63) is 56.1 Å². The van der Waals surface area contributed by atoms with Crippen molar-refractivity contribution < 1.29 is 13.2 Å². The Morgan fingerprint density at radius 1 is 1.17 bits per heavy atom. The molecule has 0 aliphatic rings. The van der Waals surface area contributed by atoms with Gasteiger partial charge in [-0.25, -0.2) is 8.42 Å². The van der Waals surface area contributed by atoms with Gasteiger partial charge in [0.05, 0.1) is 22.2 Å². The zero-order chi connectivity index (χ0) is 22.2. The summed E-state index contributed by atoms with van der Waals surface area (Å²) in [7, 11) is -3.77. The second-order valence-electron chi connectivity index (χ2n) is 6.96. The number of amides is 1. The molecule has 1 aromatic heterocycles. The third-order valence-electron chi connectivity index (χ3n) is 4.24. The number of anilines is 2. The summed E-state index contributed by atoms with van der Waals surface area (Å²) in [5.74, 6) is -0.550. The standard InChI is InChI=1S/C19H19Cl2N3O4S2/c1-11(2)24-16-5-4-14(9-17(16)29-19(24)26)22-18(25)10-23(30(3,27)28)15-7-12(20)6-13(21)8-15/h4-9,11H,10H2,1-3H3,(H,22,25). The molecule has 30 heavy (non-hydrogen) atoms. The SMILES string of the molecule is CC(C)n1c(=O)sc2cc(NC(=O)CN(c3cc(Cl)cc(Cl)c3)S(C)(=O)=O)ccc21. The minimum absolute atomic E-state index is 0.0135. The van der Waals surface area contributed by atoms with E-state index in [4.69, 9.17) is 23.2 Å². The van der Waals surface area contributed by atoms with E-state index in [1.807, 2.05) is 13.8 Å². The summed E-state index contributed by atoms with van der Waals surface area (Å²) in [4.78, 5) is 24.7. The maximum Gasteiger partial charge on any atom is 0.308 e. The summed E-state index contributed by atoms with van der Waals surface area (Å²) in [6.45, 7) is 3.38. The number of carbonyl (C=O) groups excluding carboxylic acids is 1. The number of fused-ring (bicyclic) bond motifs is 1. The van der Waals surface area contributed by atoms with E-state index in [1.54, 1.807) is 22.8 Å². The van der Waals surface area contributed by atoms with E-state index in [9.17, 15) is 18.0 Å². The number of carbonyl (C=O) groups is 1. The van der Waals surface area contributed by atoms with E-state index >= 15 is 0 Å². The Bertz CT molecular complexity index is 1260. The molecule has 7 nitrogen and oxygen atoms in total. The molecule has 0 fully saturated rings. The fourth-order valence-electron chi connectivity index (χ4n) is 3.02. The van der Waals surface area contributed by atoms with Gasteiger partial charge in [-0.3, -0.25) is 18.5 Å². The van der Waals surface area contributed by atoms with E-state index in [0.717, 1.165) is 32.1 Å². The number of rotatable bonds is 6. The Kier molecular flexibility index (Phi) is 6.47. The quantitative estimate of drug-likeness (QED) is 0.559. The monoisotopic (exact) mass is 487 g/mol. The molecule has 0 saturated heterocycles. The van der Waals surface area contributed by atoms with Crippen molar-refractivity contribution in [3.63, 3.8) is 0 Å². The van der Waals surface area contributed by atoms with Crippen molar-refractivity contribution in [2.24, 2.45) is 0 Å². The van der Waals surface area contributed by atoms with Gasteiger partial charge in [-0.2, -0.15) is 0 Å². The van der Waals surface area contributed by atoms with Gasteiger partial charge in [-0.05, 0) is 50.2 Å². The Balaban J connectivity index is 1.86. The zero-order valence-electron chi connectivity index (χ0n) is 16.3. The molecule has 2 aromatic carbocycles. The summed E-state index contributed by atoms with van der Waals surface area (Å²) in [6, 6.07) is 9.44. The van der Waals surface area contributed by atoms with Gasteiger partial charge in [-0.15, -0.1) is 0 Å². The summed E-state index contributed by atoms with van der Waals surface area (Å²) < 4.78 is 27.8. The van der Waals surface area contributed by atoms with E-state index in [0.29, 0.717) is 5.69 Å². The van der Waals surface area contributed by atoms with Crippen LogP contribution >= 0.6 is 34.5 Å². The molecule has 0 radical (unpaired) electrons. The molecule has 160 valence electrons. The third kappa shape index (κ3) is 4.97. The van der Waals surface area contributed by atoms with Crippen LogP contribution in [-0.2, 0) is 14.8 Å². The molecule has 0 spiro atoms. The Labute approximate surface area is 187 Å². The van der Waals surface area contributed by atoms with Gasteiger partial charge in [0.15, 0.2) is 0 Å². The van der Waals surface area contributed by atoms with Crippen LogP contribution in [0.4, 0.5) is 11.4 Å². The molecule has 1 N–H and O–H groups in total. The lowest BCUT2D eigenvalue weighted by Crippen LogP contribution is -2.37. The van der Waals surface area contributed by atoms with Gasteiger partial charge in [-0.1, -0.05) is 34.5 Å². The van der Waals surface area contributed by atoms with Crippen molar-refractivity contribution in [1.82, 2.24) is 4.57 Å². The highest BCUT2D eigenvalue weighted by Gasteiger charge is 2.22. The van der Waals surface area contributed by atoms with E-state index in [-0.39, 0.29) is 26.6 Å². The number of aromatic nitrogens is 1. The number of hydrogen-bond acceptors (Lipinski definition) is 5. The largest absolute Gasteiger partial charge is 0.324 e. The minimum atomic E-state index is -3.77. The molecule has 0 unspecified atom stereocenters. The van der Waals surface area contributed by atoms with Crippen LogP contribution in [0, 0.1) is 0 Å². The Hall–Kier alpha value is -2.07. The molecular formula is C19H19Cl2N3O4S2. The van der Waals surface area contributed by atoms with Crippen LogP contribution in [0.25, 0.3) is 10.2 Å². The van der Waals surface area contributed by atoms with Crippen LogP contribution in [0.15, 0.2) is 41.2 Å². The van der Waals surface area contributed by atoms with Crippen molar-refractivity contribution in [3.8, 4) is 0 Å². The van der Waals surface area contributed by atoms with Gasteiger partial charge in [0.2, 0.25) is 15.9 Å². The minimum Gasteiger partial charge on any atom is -0.324 e. The fourth-order valence-corrected chi connectivity index (χ4v) is 5.42. The molecule has 3 rings (SSSR count). The van der Waals surface area contributed by atoms with E-state index in [1.165, 1.54) is 18.2 Å². The summed E-state index contributed by atoms with van der Waals surface area (Å²) >= 11 is 13.0. The molecule has 0 aliphatic carbocycles. The molecular weight excluding hydrogens is 469 g/mol. The van der Waals surface area contributed by atoms with Crippen LogP contribution in [0.5, 0.6) is 0 Å².